The van der Waals surface area contributed by atoms with E-state index < -0.39 is 34.5 Å². The van der Waals surface area contributed by atoms with Crippen LogP contribution in [0.1, 0.15) is 17.3 Å². The molecule has 0 aromatic heterocycles. The molecule has 104 valence electrons. The van der Waals surface area contributed by atoms with E-state index in [2.05, 4.69) is 5.32 Å². The Morgan fingerprint density at radius 1 is 1.58 bits per heavy atom. The summed E-state index contributed by atoms with van der Waals surface area (Å²) >= 11 is 0. The average molecular weight is 272 g/mol. The number of hydrogen-bond donors (Lipinski definition) is 3. The maximum absolute atomic E-state index is 13.1. The summed E-state index contributed by atoms with van der Waals surface area (Å²) in [6.07, 6.45) is 0. The Labute approximate surface area is 107 Å². The monoisotopic (exact) mass is 272 g/mol. The number of benzene rings is 1. The quantitative estimate of drug-likeness (QED) is 0.523. The maximum atomic E-state index is 13.1. The lowest BCUT2D eigenvalue weighted by Crippen LogP contribution is -2.43. The number of amides is 1. The average Bonchev–Trinajstić information content (AvgIpc) is 2.36. The van der Waals surface area contributed by atoms with Crippen molar-refractivity contribution in [1.29, 1.82) is 0 Å². The van der Waals surface area contributed by atoms with Gasteiger partial charge in [-0.2, -0.15) is 4.39 Å². The second-order valence-electron chi connectivity index (χ2n) is 4.26. The lowest BCUT2D eigenvalue weighted by atomic mass is 10.1. The van der Waals surface area contributed by atoms with Gasteiger partial charge in [0.1, 0.15) is 5.60 Å². The second kappa shape index (κ2) is 5.72. The maximum Gasteiger partial charge on any atom is 0.305 e. The van der Waals surface area contributed by atoms with Crippen molar-refractivity contribution in [1.82, 2.24) is 5.32 Å². The van der Waals surface area contributed by atoms with Gasteiger partial charge in [0, 0.05) is 18.2 Å². The summed E-state index contributed by atoms with van der Waals surface area (Å²) in [7, 11) is 0. The summed E-state index contributed by atoms with van der Waals surface area (Å²) < 4.78 is 13.1. The standard InChI is InChI=1S/C11H13FN2O5/c1-11(17,6-15)5-13-10(16)7-2-3-8(12)9(4-7)14(18)19/h2-4,15,17H,5-6H2,1H3,(H,13,16). The van der Waals surface area contributed by atoms with E-state index >= 15 is 0 Å². The molecule has 0 heterocycles. The van der Waals surface area contributed by atoms with Gasteiger partial charge >= 0.3 is 5.69 Å². The number of rotatable bonds is 5. The SMILES string of the molecule is CC(O)(CO)CNC(=O)c1ccc(F)c([N+](=O)[O-])c1. The van der Waals surface area contributed by atoms with E-state index in [0.29, 0.717) is 0 Å². The van der Waals surface area contributed by atoms with E-state index in [0.717, 1.165) is 18.2 Å². The van der Waals surface area contributed by atoms with Crippen molar-refractivity contribution in [3.05, 3.63) is 39.7 Å². The Morgan fingerprint density at radius 2 is 2.21 bits per heavy atom. The first-order valence-electron chi connectivity index (χ1n) is 5.32. The van der Waals surface area contributed by atoms with Gasteiger partial charge in [-0.05, 0) is 19.1 Å². The molecular weight excluding hydrogens is 259 g/mol. The fourth-order valence-electron chi connectivity index (χ4n) is 1.22. The number of hydrogen-bond acceptors (Lipinski definition) is 5. The highest BCUT2D eigenvalue weighted by Crippen LogP contribution is 2.18. The van der Waals surface area contributed by atoms with Gasteiger partial charge in [-0.15, -0.1) is 0 Å². The Morgan fingerprint density at radius 3 is 2.74 bits per heavy atom. The van der Waals surface area contributed by atoms with Crippen molar-refractivity contribution in [3.63, 3.8) is 0 Å². The lowest BCUT2D eigenvalue weighted by molar-refractivity contribution is -0.387. The zero-order chi connectivity index (χ0) is 14.6. The van der Waals surface area contributed by atoms with Crippen molar-refractivity contribution in [2.24, 2.45) is 0 Å². The normalized spacial score (nSPS) is 13.7. The predicted molar refractivity (Wildman–Crippen MR) is 63.1 cm³/mol. The van der Waals surface area contributed by atoms with Crippen LogP contribution in [-0.2, 0) is 0 Å². The molecule has 0 saturated heterocycles. The number of carbonyl (C=O) groups excluding carboxylic acids is 1. The molecule has 0 bridgehead atoms. The molecule has 0 aliphatic rings. The molecular formula is C11H13FN2O5. The molecule has 7 nitrogen and oxygen atoms in total. The molecule has 8 heteroatoms. The van der Waals surface area contributed by atoms with Crippen LogP contribution in [0.5, 0.6) is 0 Å². The fraction of sp³-hybridized carbons (Fsp3) is 0.364. The Balaban J connectivity index is 2.84. The van der Waals surface area contributed by atoms with E-state index in [4.69, 9.17) is 5.11 Å². The van der Waals surface area contributed by atoms with Crippen LogP contribution in [0, 0.1) is 15.9 Å². The number of carbonyl (C=O) groups is 1. The summed E-state index contributed by atoms with van der Waals surface area (Å²) in [6, 6.07) is 2.71. The third-order valence-electron chi connectivity index (χ3n) is 2.38. The van der Waals surface area contributed by atoms with Gasteiger partial charge in [0.05, 0.1) is 11.5 Å². The molecule has 1 atom stereocenters. The highest BCUT2D eigenvalue weighted by molar-refractivity contribution is 5.94. The first kappa shape index (κ1) is 15.0. The van der Waals surface area contributed by atoms with E-state index in [1.165, 1.54) is 6.92 Å². The van der Waals surface area contributed by atoms with Gasteiger partial charge in [-0.25, -0.2) is 0 Å². The minimum Gasteiger partial charge on any atom is -0.393 e. The summed E-state index contributed by atoms with van der Waals surface area (Å²) in [6.45, 7) is 0.505. The third kappa shape index (κ3) is 3.97. The Hall–Kier alpha value is -2.06. The summed E-state index contributed by atoms with van der Waals surface area (Å²) in [5.74, 6) is -1.75. The Bertz CT molecular complexity index is 504. The van der Waals surface area contributed by atoms with Crippen molar-refractivity contribution in [2.45, 2.75) is 12.5 Å². The van der Waals surface area contributed by atoms with E-state index in [-0.39, 0.29) is 12.1 Å². The van der Waals surface area contributed by atoms with Gasteiger partial charge < -0.3 is 15.5 Å². The number of nitrogens with zero attached hydrogens (tertiary/aromatic N) is 1. The molecule has 0 spiro atoms. The molecule has 3 N–H and O–H groups in total. The van der Waals surface area contributed by atoms with Crippen molar-refractivity contribution < 1.29 is 24.3 Å². The molecule has 0 aliphatic carbocycles. The highest BCUT2D eigenvalue weighted by Gasteiger charge is 2.22. The molecule has 0 radical (unpaired) electrons. The topological polar surface area (TPSA) is 113 Å². The minimum atomic E-state index is -1.50. The van der Waals surface area contributed by atoms with Crippen LogP contribution in [0.2, 0.25) is 0 Å². The van der Waals surface area contributed by atoms with Gasteiger partial charge in [0.15, 0.2) is 0 Å². The van der Waals surface area contributed by atoms with Crippen LogP contribution in [0.3, 0.4) is 0 Å². The zero-order valence-corrected chi connectivity index (χ0v) is 10.1. The number of nitro benzene ring substituents is 1. The number of aliphatic hydroxyl groups is 2. The zero-order valence-electron chi connectivity index (χ0n) is 10.1. The molecule has 0 fully saturated rings. The van der Waals surface area contributed by atoms with Crippen LogP contribution in [0.4, 0.5) is 10.1 Å². The second-order valence-corrected chi connectivity index (χ2v) is 4.26. The van der Waals surface area contributed by atoms with Gasteiger partial charge in [0.25, 0.3) is 5.91 Å². The van der Waals surface area contributed by atoms with Gasteiger partial charge in [0.2, 0.25) is 5.82 Å². The van der Waals surface area contributed by atoms with Gasteiger partial charge in [-0.1, -0.05) is 0 Å². The van der Waals surface area contributed by atoms with Crippen LogP contribution < -0.4 is 5.32 Å². The highest BCUT2D eigenvalue weighted by atomic mass is 19.1. The van der Waals surface area contributed by atoms with Gasteiger partial charge in [-0.3, -0.25) is 14.9 Å². The molecule has 1 amide bonds. The number of halogens is 1. The van der Waals surface area contributed by atoms with Crippen molar-refractivity contribution in [3.8, 4) is 0 Å². The smallest absolute Gasteiger partial charge is 0.305 e. The summed E-state index contributed by atoms with van der Waals surface area (Å²) in [5, 5.41) is 31.1. The molecule has 1 rings (SSSR count). The minimum absolute atomic E-state index is 0.109. The molecule has 1 unspecified atom stereocenters. The largest absolute Gasteiger partial charge is 0.393 e. The summed E-state index contributed by atoms with van der Waals surface area (Å²) in [5.41, 5.74) is -2.41. The molecule has 1 aromatic carbocycles. The fourth-order valence-corrected chi connectivity index (χ4v) is 1.22. The first-order chi connectivity index (χ1) is 8.76. The van der Waals surface area contributed by atoms with Crippen molar-refractivity contribution in [2.75, 3.05) is 13.2 Å². The van der Waals surface area contributed by atoms with E-state index in [1.807, 2.05) is 0 Å². The van der Waals surface area contributed by atoms with Crippen LogP contribution >= 0.6 is 0 Å². The number of nitro groups is 1. The van der Waals surface area contributed by atoms with E-state index in [9.17, 15) is 24.4 Å². The van der Waals surface area contributed by atoms with Crippen LogP contribution in [-0.4, -0.2) is 39.8 Å². The van der Waals surface area contributed by atoms with E-state index in [1.54, 1.807) is 0 Å². The third-order valence-corrected chi connectivity index (χ3v) is 2.38. The number of nitrogens with one attached hydrogen (secondary N) is 1. The molecule has 0 aliphatic heterocycles. The molecule has 0 saturated carbocycles. The predicted octanol–water partition coefficient (Wildman–Crippen LogP) is 0.207. The lowest BCUT2D eigenvalue weighted by Gasteiger charge is -2.20. The summed E-state index contributed by atoms with van der Waals surface area (Å²) in [4.78, 5) is 21.2. The molecule has 19 heavy (non-hydrogen) atoms. The Kier molecular flexibility index (Phi) is 4.52. The van der Waals surface area contributed by atoms with Crippen molar-refractivity contribution >= 4 is 11.6 Å². The van der Waals surface area contributed by atoms with Crippen LogP contribution in [0.25, 0.3) is 0 Å². The van der Waals surface area contributed by atoms with Crippen LogP contribution in [0.15, 0.2) is 18.2 Å². The first-order valence-corrected chi connectivity index (χ1v) is 5.32. The number of aliphatic hydroxyl groups excluding tert-OH is 1. The molecule has 1 aromatic rings.